The minimum absolute atomic E-state index is 0.272. The van der Waals surface area contributed by atoms with Gasteiger partial charge in [-0.2, -0.15) is 5.26 Å². The number of nitrogens with one attached hydrogen (secondary N) is 1. The Morgan fingerprint density at radius 3 is 2.14 bits per heavy atom. The van der Waals surface area contributed by atoms with E-state index in [1.165, 1.54) is 0 Å². The summed E-state index contributed by atoms with van der Waals surface area (Å²) in [5.74, 6) is -0.742. The highest BCUT2D eigenvalue weighted by atomic mass is 16.2. The molecule has 0 bridgehead atoms. The molecule has 1 N–H and O–H groups in total. The number of carbonyl (C=O) groups is 2. The van der Waals surface area contributed by atoms with Crippen molar-refractivity contribution in [3.05, 3.63) is 71.8 Å². The van der Waals surface area contributed by atoms with Crippen molar-refractivity contribution in [1.29, 1.82) is 5.26 Å². The maximum atomic E-state index is 12.1. The summed E-state index contributed by atoms with van der Waals surface area (Å²) in [5.41, 5.74) is 0.00371. The van der Waals surface area contributed by atoms with Crippen LogP contribution in [0.1, 0.15) is 29.3 Å². The summed E-state index contributed by atoms with van der Waals surface area (Å²) in [6.45, 7) is 1.62. The van der Waals surface area contributed by atoms with E-state index in [4.69, 9.17) is 0 Å². The molecular weight excluding hydrogens is 276 g/mol. The SMILES string of the molecule is CC(C#N)(NC(=O)CC(=O)c1ccccc1)c1ccccc1. The third-order valence-corrected chi connectivity index (χ3v) is 3.38. The van der Waals surface area contributed by atoms with Gasteiger partial charge in [0.2, 0.25) is 5.91 Å². The number of carbonyl (C=O) groups excluding carboxylic acids is 2. The molecule has 1 unspecified atom stereocenters. The van der Waals surface area contributed by atoms with Crippen molar-refractivity contribution in [3.8, 4) is 6.07 Å². The highest BCUT2D eigenvalue weighted by molar-refractivity contribution is 6.07. The lowest BCUT2D eigenvalue weighted by Crippen LogP contribution is -2.43. The van der Waals surface area contributed by atoms with E-state index in [1.807, 2.05) is 6.07 Å². The van der Waals surface area contributed by atoms with E-state index in [1.54, 1.807) is 61.5 Å². The molecule has 0 aromatic heterocycles. The van der Waals surface area contributed by atoms with Crippen LogP contribution in [0.2, 0.25) is 0 Å². The quantitative estimate of drug-likeness (QED) is 0.680. The third-order valence-electron chi connectivity index (χ3n) is 3.38. The molecule has 0 saturated heterocycles. The molecule has 2 aromatic carbocycles. The second kappa shape index (κ2) is 6.68. The fraction of sp³-hybridized carbons (Fsp3) is 0.167. The molecule has 0 aliphatic rings. The van der Waals surface area contributed by atoms with Crippen molar-refractivity contribution in [1.82, 2.24) is 5.32 Å². The lowest BCUT2D eigenvalue weighted by atomic mass is 9.93. The minimum Gasteiger partial charge on any atom is -0.334 e. The molecule has 1 atom stereocenters. The fourth-order valence-corrected chi connectivity index (χ4v) is 2.13. The van der Waals surface area contributed by atoms with Crippen molar-refractivity contribution >= 4 is 11.7 Å². The monoisotopic (exact) mass is 292 g/mol. The molecule has 0 fully saturated rings. The topological polar surface area (TPSA) is 70.0 Å². The molecule has 2 rings (SSSR count). The van der Waals surface area contributed by atoms with Gasteiger partial charge < -0.3 is 5.32 Å². The van der Waals surface area contributed by atoms with Gasteiger partial charge >= 0.3 is 0 Å². The molecule has 0 saturated carbocycles. The zero-order valence-corrected chi connectivity index (χ0v) is 12.2. The molecule has 1 amide bonds. The van der Waals surface area contributed by atoms with Gasteiger partial charge in [0.15, 0.2) is 5.78 Å². The second-order valence-corrected chi connectivity index (χ2v) is 5.12. The first-order chi connectivity index (χ1) is 10.5. The van der Waals surface area contributed by atoms with Gasteiger partial charge in [0.05, 0.1) is 12.5 Å². The number of nitrogens with zero attached hydrogens (tertiary/aromatic N) is 1. The van der Waals surface area contributed by atoms with E-state index in [-0.39, 0.29) is 12.2 Å². The summed E-state index contributed by atoms with van der Waals surface area (Å²) >= 11 is 0. The predicted molar refractivity (Wildman–Crippen MR) is 82.9 cm³/mol. The number of nitriles is 1. The van der Waals surface area contributed by atoms with E-state index in [0.29, 0.717) is 11.1 Å². The summed E-state index contributed by atoms with van der Waals surface area (Å²) in [6, 6.07) is 19.7. The Balaban J connectivity index is 2.08. The molecule has 0 radical (unpaired) electrons. The molecule has 0 heterocycles. The van der Waals surface area contributed by atoms with Crippen molar-refractivity contribution < 1.29 is 9.59 Å². The summed E-state index contributed by atoms with van der Waals surface area (Å²) in [7, 11) is 0. The van der Waals surface area contributed by atoms with Crippen molar-refractivity contribution in [2.24, 2.45) is 0 Å². The molecule has 0 spiro atoms. The third kappa shape index (κ3) is 3.58. The van der Waals surface area contributed by atoms with Gasteiger partial charge in [-0.15, -0.1) is 0 Å². The minimum atomic E-state index is -1.16. The molecule has 4 nitrogen and oxygen atoms in total. The van der Waals surface area contributed by atoms with Gasteiger partial charge in [0, 0.05) is 5.56 Å². The lowest BCUT2D eigenvalue weighted by molar-refractivity contribution is -0.121. The van der Waals surface area contributed by atoms with Crippen LogP contribution >= 0.6 is 0 Å². The van der Waals surface area contributed by atoms with Crippen LogP contribution in [0.15, 0.2) is 60.7 Å². The summed E-state index contributed by atoms with van der Waals surface area (Å²) in [5, 5.41) is 12.0. The smallest absolute Gasteiger partial charge is 0.229 e. The Morgan fingerprint density at radius 1 is 1.05 bits per heavy atom. The van der Waals surface area contributed by atoms with Crippen molar-refractivity contribution in [2.45, 2.75) is 18.9 Å². The summed E-state index contributed by atoms with van der Waals surface area (Å²) in [6.07, 6.45) is -0.284. The van der Waals surface area contributed by atoms with Crippen molar-refractivity contribution in [2.75, 3.05) is 0 Å². The number of benzene rings is 2. The number of ketones is 1. The van der Waals surface area contributed by atoms with Gasteiger partial charge in [0.1, 0.15) is 5.54 Å². The molecule has 0 aliphatic carbocycles. The molecular formula is C18H16N2O2. The van der Waals surface area contributed by atoms with Crippen LogP contribution < -0.4 is 5.32 Å². The first-order valence-electron chi connectivity index (χ1n) is 6.91. The molecule has 22 heavy (non-hydrogen) atoms. The Hall–Kier alpha value is -2.93. The van der Waals surface area contributed by atoms with E-state index >= 15 is 0 Å². The summed E-state index contributed by atoms with van der Waals surface area (Å²) in [4.78, 5) is 24.1. The van der Waals surface area contributed by atoms with Crippen LogP contribution in [-0.2, 0) is 10.3 Å². The summed E-state index contributed by atoms with van der Waals surface area (Å²) < 4.78 is 0. The van der Waals surface area contributed by atoms with Crippen LogP contribution in [0.25, 0.3) is 0 Å². The Morgan fingerprint density at radius 2 is 1.59 bits per heavy atom. The van der Waals surface area contributed by atoms with Gasteiger partial charge in [-0.25, -0.2) is 0 Å². The van der Waals surface area contributed by atoms with E-state index < -0.39 is 11.4 Å². The zero-order valence-electron chi connectivity index (χ0n) is 12.2. The Kier molecular flexibility index (Phi) is 4.70. The average molecular weight is 292 g/mol. The highest BCUT2D eigenvalue weighted by Crippen LogP contribution is 2.19. The van der Waals surface area contributed by atoms with Gasteiger partial charge in [-0.3, -0.25) is 9.59 Å². The largest absolute Gasteiger partial charge is 0.334 e. The van der Waals surface area contributed by atoms with Crippen molar-refractivity contribution in [3.63, 3.8) is 0 Å². The first-order valence-corrected chi connectivity index (χ1v) is 6.91. The zero-order chi connectivity index (χ0) is 16.0. The molecule has 4 heteroatoms. The van der Waals surface area contributed by atoms with E-state index in [0.717, 1.165) is 0 Å². The lowest BCUT2D eigenvalue weighted by Gasteiger charge is -2.23. The molecule has 0 aliphatic heterocycles. The Labute approximate surface area is 129 Å². The predicted octanol–water partition coefficient (Wildman–Crippen LogP) is 2.81. The number of hydrogen-bond acceptors (Lipinski definition) is 3. The maximum Gasteiger partial charge on any atom is 0.229 e. The van der Waals surface area contributed by atoms with Gasteiger partial charge in [-0.05, 0) is 12.5 Å². The number of Topliss-reactive ketones (excluding diaryl/α,β-unsaturated/α-hetero) is 1. The normalized spacial score (nSPS) is 12.7. The van der Waals surface area contributed by atoms with Crippen LogP contribution in [0, 0.1) is 11.3 Å². The van der Waals surface area contributed by atoms with Crippen LogP contribution in [0.4, 0.5) is 0 Å². The Bertz CT molecular complexity index is 705. The molecule has 2 aromatic rings. The molecule has 110 valence electrons. The first kappa shape index (κ1) is 15.5. The van der Waals surface area contributed by atoms with Crippen LogP contribution in [0.3, 0.4) is 0 Å². The van der Waals surface area contributed by atoms with Crippen LogP contribution in [0.5, 0.6) is 0 Å². The average Bonchev–Trinajstić information content (AvgIpc) is 2.56. The van der Waals surface area contributed by atoms with E-state index in [9.17, 15) is 14.9 Å². The fourth-order valence-electron chi connectivity index (χ4n) is 2.13. The number of hydrogen-bond donors (Lipinski definition) is 1. The van der Waals surface area contributed by atoms with E-state index in [2.05, 4.69) is 11.4 Å². The second-order valence-electron chi connectivity index (χ2n) is 5.12. The maximum absolute atomic E-state index is 12.1. The van der Waals surface area contributed by atoms with Crippen LogP contribution in [-0.4, -0.2) is 11.7 Å². The standard InChI is InChI=1S/C18H16N2O2/c1-18(13-19,15-10-6-3-7-11-15)20-17(22)12-16(21)14-8-4-2-5-9-14/h2-11H,12H2,1H3,(H,20,22). The van der Waals surface area contributed by atoms with Gasteiger partial charge in [-0.1, -0.05) is 60.7 Å². The number of rotatable bonds is 5. The highest BCUT2D eigenvalue weighted by Gasteiger charge is 2.28. The van der Waals surface area contributed by atoms with Gasteiger partial charge in [0.25, 0.3) is 0 Å². The number of amides is 1.